The van der Waals surface area contributed by atoms with Crippen LogP contribution in [-0.4, -0.2) is 35.8 Å². The van der Waals surface area contributed by atoms with Crippen molar-refractivity contribution in [2.24, 2.45) is 18.9 Å². The maximum atomic E-state index is 12.1. The van der Waals surface area contributed by atoms with E-state index in [1.165, 1.54) is 41.3 Å². The fourth-order valence-electron chi connectivity index (χ4n) is 4.36. The van der Waals surface area contributed by atoms with Crippen molar-refractivity contribution < 1.29 is 13.6 Å². The first-order valence-corrected chi connectivity index (χ1v) is 13.8. The van der Waals surface area contributed by atoms with Crippen molar-refractivity contribution in [1.29, 1.82) is 0 Å². The largest absolute Gasteiger partial charge is 0.352 e. The molecule has 1 heterocycles. The highest BCUT2D eigenvalue weighted by Gasteiger charge is 2.18. The summed E-state index contributed by atoms with van der Waals surface area (Å²) in [6.07, 6.45) is 20.1. The third-order valence-electron chi connectivity index (χ3n) is 6.70. The number of benzene rings is 1. The fourth-order valence-corrected chi connectivity index (χ4v) is 4.36. The Bertz CT molecular complexity index is 1150. The maximum absolute atomic E-state index is 12.1. The molecule has 1 aromatic heterocycles. The quantitative estimate of drug-likeness (QED) is 0.383. The molecule has 0 aliphatic heterocycles. The van der Waals surface area contributed by atoms with Gasteiger partial charge in [-0.25, -0.2) is 8.78 Å². The molecule has 39 heavy (non-hydrogen) atoms. The molecule has 2 N–H and O–H groups in total. The lowest BCUT2D eigenvalue weighted by Gasteiger charge is -2.24. The average Bonchev–Trinajstić information content (AvgIpc) is 3.36. The minimum atomic E-state index is -0.537. The van der Waals surface area contributed by atoms with Crippen LogP contribution in [0.25, 0.3) is 0 Å². The van der Waals surface area contributed by atoms with Gasteiger partial charge in [-0.3, -0.25) is 9.48 Å². The smallest absolute Gasteiger partial charge is 0.254 e. The normalized spacial score (nSPS) is 16.9. The predicted molar refractivity (Wildman–Crippen MR) is 156 cm³/mol. The van der Waals surface area contributed by atoms with Crippen LogP contribution in [0.15, 0.2) is 83.8 Å². The number of carbonyl (C=O) groups is 1. The van der Waals surface area contributed by atoms with Crippen LogP contribution < -0.4 is 10.6 Å². The van der Waals surface area contributed by atoms with Crippen molar-refractivity contribution in [2.75, 3.05) is 20.1 Å². The number of rotatable bonds is 8. The molecule has 2 aliphatic carbocycles. The molecule has 2 aromatic rings. The van der Waals surface area contributed by atoms with E-state index in [4.69, 9.17) is 0 Å². The monoisotopic (exact) mass is 538 g/mol. The standard InChI is InChI=1S/C20H25N3O.C6H4F2.C6H15N/c1-15-6-5-8-17(12-15)19-9-4-3-7-16(19)10-11-21-20(24)18-13-22-23(2)14-18;7-5-2-1-3-6(8)4-5;1-4-6(2)5-7-3/h4-6,8-9,13-14,17H,3,7,10-12H2,1-2H3,(H,21,24);1-4H;6-7H,4-5H2,1-3H3. The number of nitrogens with one attached hydrogen (secondary N) is 2. The highest BCUT2D eigenvalue weighted by Crippen LogP contribution is 2.33. The Morgan fingerprint density at radius 2 is 2.00 bits per heavy atom. The van der Waals surface area contributed by atoms with Gasteiger partial charge in [0.15, 0.2) is 0 Å². The van der Waals surface area contributed by atoms with Gasteiger partial charge in [-0.1, -0.05) is 67.9 Å². The molecule has 0 radical (unpaired) electrons. The SMILES string of the molecule is CC1=CC=CC(C2=C(CCNC(=O)c3cnn(C)c3)CCC=C2)C1.CCC(C)CNC.Fc1cccc(F)c1. The molecule has 0 fully saturated rings. The lowest BCUT2D eigenvalue weighted by molar-refractivity contribution is 0.0954. The number of amides is 1. The topological polar surface area (TPSA) is 59.0 Å². The summed E-state index contributed by atoms with van der Waals surface area (Å²) in [5, 5.41) is 10.2. The van der Waals surface area contributed by atoms with E-state index in [0.29, 0.717) is 18.0 Å². The number of aromatic nitrogens is 2. The predicted octanol–water partition coefficient (Wildman–Crippen LogP) is 6.93. The van der Waals surface area contributed by atoms with Gasteiger partial charge in [0.05, 0.1) is 11.8 Å². The van der Waals surface area contributed by atoms with Crippen LogP contribution in [-0.2, 0) is 7.05 Å². The molecule has 2 unspecified atom stereocenters. The summed E-state index contributed by atoms with van der Waals surface area (Å²) in [5.74, 6) is 0.198. The summed E-state index contributed by atoms with van der Waals surface area (Å²) in [5.41, 5.74) is 4.97. The second kappa shape index (κ2) is 17.3. The number of hydrogen-bond acceptors (Lipinski definition) is 3. The summed E-state index contributed by atoms with van der Waals surface area (Å²) in [6, 6.07) is 4.55. The molecule has 2 atom stereocenters. The van der Waals surface area contributed by atoms with Gasteiger partial charge in [0.1, 0.15) is 11.6 Å². The summed E-state index contributed by atoms with van der Waals surface area (Å²) in [7, 11) is 3.81. The molecule has 0 bridgehead atoms. The van der Waals surface area contributed by atoms with E-state index in [-0.39, 0.29) is 5.91 Å². The molecule has 2 aliphatic rings. The van der Waals surface area contributed by atoms with E-state index < -0.39 is 11.6 Å². The van der Waals surface area contributed by atoms with Crippen LogP contribution in [0.4, 0.5) is 8.78 Å². The molecule has 212 valence electrons. The fraction of sp³-hybridized carbons (Fsp3) is 0.438. The Morgan fingerprint density at radius 1 is 1.26 bits per heavy atom. The molecular weight excluding hydrogens is 494 g/mol. The minimum Gasteiger partial charge on any atom is -0.352 e. The number of hydrogen-bond donors (Lipinski definition) is 2. The Hall–Kier alpha value is -3.32. The van der Waals surface area contributed by atoms with Gasteiger partial charge in [0.2, 0.25) is 0 Å². The van der Waals surface area contributed by atoms with E-state index in [0.717, 1.165) is 44.2 Å². The number of nitrogens with zero attached hydrogens (tertiary/aromatic N) is 2. The highest BCUT2D eigenvalue weighted by atomic mass is 19.1. The third kappa shape index (κ3) is 11.9. The van der Waals surface area contributed by atoms with Crippen LogP contribution in [0, 0.1) is 23.5 Å². The van der Waals surface area contributed by atoms with Crippen LogP contribution in [0.3, 0.4) is 0 Å². The van der Waals surface area contributed by atoms with Crippen LogP contribution in [0.2, 0.25) is 0 Å². The molecule has 0 saturated heterocycles. The molecule has 0 saturated carbocycles. The van der Waals surface area contributed by atoms with Crippen molar-refractivity contribution in [3.8, 4) is 0 Å². The average molecular weight is 539 g/mol. The molecular formula is C32H44F2N4O. The third-order valence-corrected chi connectivity index (χ3v) is 6.70. The van der Waals surface area contributed by atoms with Crippen molar-refractivity contribution >= 4 is 5.91 Å². The maximum Gasteiger partial charge on any atom is 0.254 e. The second-order valence-corrected chi connectivity index (χ2v) is 10.1. The van der Waals surface area contributed by atoms with E-state index in [1.807, 2.05) is 14.1 Å². The Morgan fingerprint density at radius 3 is 2.54 bits per heavy atom. The van der Waals surface area contributed by atoms with Crippen LogP contribution >= 0.6 is 0 Å². The second-order valence-electron chi connectivity index (χ2n) is 10.1. The number of allylic oxidation sites excluding steroid dienone is 7. The van der Waals surface area contributed by atoms with Crippen molar-refractivity contribution in [1.82, 2.24) is 20.4 Å². The molecule has 0 spiro atoms. The summed E-state index contributed by atoms with van der Waals surface area (Å²) in [4.78, 5) is 12.1. The molecule has 4 rings (SSSR count). The first-order valence-electron chi connectivity index (χ1n) is 13.8. The van der Waals surface area contributed by atoms with Crippen LogP contribution in [0.1, 0.15) is 63.2 Å². The van der Waals surface area contributed by atoms with Gasteiger partial charge >= 0.3 is 0 Å². The minimum absolute atomic E-state index is 0.0482. The Balaban J connectivity index is 0.000000291. The lowest BCUT2D eigenvalue weighted by Crippen LogP contribution is -2.25. The number of halogens is 2. The number of aryl methyl sites for hydroxylation is 1. The van der Waals surface area contributed by atoms with Gasteiger partial charge in [0.25, 0.3) is 5.91 Å². The summed E-state index contributed by atoms with van der Waals surface area (Å²) >= 11 is 0. The zero-order valence-electron chi connectivity index (χ0n) is 24.0. The zero-order chi connectivity index (χ0) is 28.6. The molecule has 7 heteroatoms. The van der Waals surface area contributed by atoms with E-state index in [9.17, 15) is 13.6 Å². The summed E-state index contributed by atoms with van der Waals surface area (Å²) < 4.78 is 25.5. The van der Waals surface area contributed by atoms with Gasteiger partial charge in [0, 0.05) is 31.8 Å². The molecule has 5 nitrogen and oxygen atoms in total. The molecule has 1 aromatic carbocycles. The lowest BCUT2D eigenvalue weighted by atomic mass is 9.82. The Kier molecular flexibility index (Phi) is 14.2. The summed E-state index contributed by atoms with van der Waals surface area (Å²) in [6.45, 7) is 8.47. The zero-order valence-corrected chi connectivity index (χ0v) is 24.0. The van der Waals surface area contributed by atoms with E-state index in [2.05, 4.69) is 66.9 Å². The highest BCUT2D eigenvalue weighted by molar-refractivity contribution is 5.93. The van der Waals surface area contributed by atoms with Crippen LogP contribution in [0.5, 0.6) is 0 Å². The van der Waals surface area contributed by atoms with Crippen molar-refractivity contribution in [3.63, 3.8) is 0 Å². The van der Waals surface area contributed by atoms with Crippen molar-refractivity contribution in [3.05, 3.63) is 101 Å². The van der Waals surface area contributed by atoms with Gasteiger partial charge in [-0.15, -0.1) is 0 Å². The molecule has 1 amide bonds. The van der Waals surface area contributed by atoms with Gasteiger partial charge in [-0.2, -0.15) is 5.10 Å². The first kappa shape index (κ1) is 31.9. The van der Waals surface area contributed by atoms with Crippen molar-refractivity contribution in [2.45, 2.75) is 52.9 Å². The Labute approximate surface area is 232 Å². The van der Waals surface area contributed by atoms with Gasteiger partial charge in [-0.05, 0) is 69.8 Å². The van der Waals surface area contributed by atoms with Gasteiger partial charge < -0.3 is 10.6 Å². The first-order chi connectivity index (χ1) is 18.7. The number of carbonyl (C=O) groups excluding carboxylic acids is 1. The van der Waals surface area contributed by atoms with E-state index in [1.54, 1.807) is 17.1 Å². The van der Waals surface area contributed by atoms with E-state index >= 15 is 0 Å².